The quantitative estimate of drug-likeness (QED) is 0.897. The molecule has 0 radical (unpaired) electrons. The van der Waals surface area contributed by atoms with Crippen molar-refractivity contribution in [2.75, 3.05) is 24.3 Å². The van der Waals surface area contributed by atoms with Gasteiger partial charge in [-0.05, 0) is 36.4 Å². The first kappa shape index (κ1) is 12.4. The molecule has 1 N–H and O–H groups in total. The Balaban J connectivity index is 2.10. The Morgan fingerprint density at radius 3 is 2.56 bits per heavy atom. The molecule has 0 aliphatic carbocycles. The van der Waals surface area contributed by atoms with Crippen molar-refractivity contribution in [3.63, 3.8) is 0 Å². The van der Waals surface area contributed by atoms with Gasteiger partial charge in [-0.1, -0.05) is 6.07 Å². The molecular weight excluding hydrogens is 229 g/mol. The number of rotatable bonds is 4. The molecule has 0 aliphatic rings. The molecule has 94 valence electrons. The maximum Gasteiger partial charge on any atom is 0.126 e. The third-order valence-electron chi connectivity index (χ3n) is 2.73. The fraction of sp³-hybridized carbons (Fsp3) is 0.214. The van der Waals surface area contributed by atoms with Gasteiger partial charge in [-0.25, -0.2) is 9.37 Å². The summed E-state index contributed by atoms with van der Waals surface area (Å²) in [4.78, 5) is 6.48. The van der Waals surface area contributed by atoms with E-state index in [0.29, 0.717) is 6.54 Å². The van der Waals surface area contributed by atoms with Gasteiger partial charge in [0.1, 0.15) is 11.6 Å². The van der Waals surface area contributed by atoms with Crippen molar-refractivity contribution < 1.29 is 4.39 Å². The van der Waals surface area contributed by atoms with E-state index in [9.17, 15) is 4.39 Å². The lowest BCUT2D eigenvalue weighted by Crippen LogP contribution is -2.17. The van der Waals surface area contributed by atoms with E-state index >= 15 is 0 Å². The lowest BCUT2D eigenvalue weighted by Gasteiger charge is -2.19. The van der Waals surface area contributed by atoms with E-state index in [4.69, 9.17) is 0 Å². The van der Waals surface area contributed by atoms with Crippen LogP contribution in [0.3, 0.4) is 0 Å². The fourth-order valence-corrected chi connectivity index (χ4v) is 1.74. The summed E-state index contributed by atoms with van der Waals surface area (Å²) in [5, 5.41) is 3.01. The van der Waals surface area contributed by atoms with Crippen LogP contribution in [0.25, 0.3) is 0 Å². The maximum absolute atomic E-state index is 12.8. The minimum absolute atomic E-state index is 0.220. The summed E-state index contributed by atoms with van der Waals surface area (Å²) in [7, 11) is 3.80. The van der Waals surface area contributed by atoms with E-state index < -0.39 is 0 Å². The van der Waals surface area contributed by atoms with E-state index in [2.05, 4.69) is 10.3 Å². The maximum atomic E-state index is 12.8. The molecule has 0 saturated heterocycles. The van der Waals surface area contributed by atoms with Gasteiger partial charge in [0.15, 0.2) is 0 Å². The molecule has 0 bridgehead atoms. The number of nitrogens with one attached hydrogen (secondary N) is 1. The SMILES string of the molecule is CNc1cccc(CN(C)c2ccc(F)cc2)n1. The summed E-state index contributed by atoms with van der Waals surface area (Å²) >= 11 is 0. The van der Waals surface area contributed by atoms with E-state index in [1.807, 2.05) is 37.2 Å². The van der Waals surface area contributed by atoms with Crippen LogP contribution in [0.5, 0.6) is 0 Å². The van der Waals surface area contributed by atoms with E-state index in [1.165, 1.54) is 12.1 Å². The first-order chi connectivity index (χ1) is 8.69. The van der Waals surface area contributed by atoms with Crippen molar-refractivity contribution in [3.05, 3.63) is 54.0 Å². The molecule has 2 rings (SSSR count). The number of hydrogen-bond donors (Lipinski definition) is 1. The number of nitrogens with zero attached hydrogens (tertiary/aromatic N) is 2. The molecule has 1 heterocycles. The van der Waals surface area contributed by atoms with Gasteiger partial charge in [0, 0.05) is 19.8 Å². The fourth-order valence-electron chi connectivity index (χ4n) is 1.74. The van der Waals surface area contributed by atoms with Gasteiger partial charge in [0.2, 0.25) is 0 Å². The molecule has 4 heteroatoms. The predicted octanol–water partition coefficient (Wildman–Crippen LogP) is 2.90. The Morgan fingerprint density at radius 1 is 1.17 bits per heavy atom. The largest absolute Gasteiger partial charge is 0.373 e. The smallest absolute Gasteiger partial charge is 0.126 e. The lowest BCUT2D eigenvalue weighted by molar-refractivity contribution is 0.627. The van der Waals surface area contributed by atoms with E-state index in [-0.39, 0.29) is 5.82 Å². The van der Waals surface area contributed by atoms with Crippen molar-refractivity contribution in [2.24, 2.45) is 0 Å². The first-order valence-electron chi connectivity index (χ1n) is 5.79. The topological polar surface area (TPSA) is 28.2 Å². The molecule has 2 aromatic rings. The standard InChI is InChI=1S/C14H16FN3/c1-16-14-5-3-4-12(17-14)10-18(2)13-8-6-11(15)7-9-13/h3-9H,10H2,1-2H3,(H,16,17). The van der Waals surface area contributed by atoms with Crippen molar-refractivity contribution in [2.45, 2.75) is 6.54 Å². The molecule has 0 saturated carbocycles. The molecule has 18 heavy (non-hydrogen) atoms. The first-order valence-corrected chi connectivity index (χ1v) is 5.79. The minimum atomic E-state index is -0.220. The van der Waals surface area contributed by atoms with Crippen LogP contribution in [0.1, 0.15) is 5.69 Å². The molecular formula is C14H16FN3. The minimum Gasteiger partial charge on any atom is -0.373 e. The van der Waals surface area contributed by atoms with Crippen LogP contribution in [-0.2, 0) is 6.54 Å². The van der Waals surface area contributed by atoms with Crippen molar-refractivity contribution >= 4 is 11.5 Å². The second kappa shape index (κ2) is 5.49. The van der Waals surface area contributed by atoms with Crippen molar-refractivity contribution in [1.82, 2.24) is 4.98 Å². The summed E-state index contributed by atoms with van der Waals surface area (Å²) in [6, 6.07) is 12.3. The molecule has 0 fully saturated rings. The van der Waals surface area contributed by atoms with Crippen LogP contribution < -0.4 is 10.2 Å². The van der Waals surface area contributed by atoms with Crippen LogP contribution in [-0.4, -0.2) is 19.1 Å². The molecule has 1 aromatic carbocycles. The van der Waals surface area contributed by atoms with E-state index in [0.717, 1.165) is 17.2 Å². The van der Waals surface area contributed by atoms with Crippen molar-refractivity contribution in [1.29, 1.82) is 0 Å². The number of pyridine rings is 1. The monoisotopic (exact) mass is 245 g/mol. The number of anilines is 2. The second-order valence-electron chi connectivity index (χ2n) is 4.10. The highest BCUT2D eigenvalue weighted by Crippen LogP contribution is 2.15. The third kappa shape index (κ3) is 2.97. The number of halogens is 1. The Kier molecular flexibility index (Phi) is 3.77. The summed E-state index contributed by atoms with van der Waals surface area (Å²) in [5.41, 5.74) is 1.93. The van der Waals surface area contributed by atoms with Crippen LogP contribution in [0.2, 0.25) is 0 Å². The van der Waals surface area contributed by atoms with Crippen molar-refractivity contribution in [3.8, 4) is 0 Å². The van der Waals surface area contributed by atoms with E-state index in [1.54, 1.807) is 12.1 Å². The van der Waals surface area contributed by atoms with Crippen LogP contribution >= 0.6 is 0 Å². The summed E-state index contributed by atoms with van der Waals surface area (Å²) in [6.45, 7) is 0.682. The molecule has 0 amide bonds. The number of hydrogen-bond acceptors (Lipinski definition) is 3. The normalized spacial score (nSPS) is 10.2. The molecule has 1 aromatic heterocycles. The van der Waals surface area contributed by atoms with Gasteiger partial charge in [-0.3, -0.25) is 0 Å². The average molecular weight is 245 g/mol. The Hall–Kier alpha value is -2.10. The molecule has 3 nitrogen and oxygen atoms in total. The second-order valence-corrected chi connectivity index (χ2v) is 4.10. The highest BCUT2D eigenvalue weighted by atomic mass is 19.1. The molecule has 0 spiro atoms. The highest BCUT2D eigenvalue weighted by Gasteiger charge is 2.04. The molecule has 0 atom stereocenters. The Bertz CT molecular complexity index is 511. The Morgan fingerprint density at radius 2 is 1.89 bits per heavy atom. The summed E-state index contributed by atoms with van der Waals surface area (Å²) < 4.78 is 12.8. The van der Waals surface area contributed by atoms with Gasteiger partial charge in [0.25, 0.3) is 0 Å². The van der Waals surface area contributed by atoms with Gasteiger partial charge in [0.05, 0.1) is 12.2 Å². The zero-order chi connectivity index (χ0) is 13.0. The Labute approximate surface area is 106 Å². The average Bonchev–Trinajstić information content (AvgIpc) is 2.39. The third-order valence-corrected chi connectivity index (χ3v) is 2.73. The van der Waals surface area contributed by atoms with Crippen LogP contribution in [0.4, 0.5) is 15.9 Å². The van der Waals surface area contributed by atoms with Gasteiger partial charge in [-0.2, -0.15) is 0 Å². The summed E-state index contributed by atoms with van der Waals surface area (Å²) in [5.74, 6) is 0.627. The zero-order valence-corrected chi connectivity index (χ0v) is 10.5. The van der Waals surface area contributed by atoms with Crippen LogP contribution in [0.15, 0.2) is 42.5 Å². The summed E-state index contributed by atoms with van der Waals surface area (Å²) in [6.07, 6.45) is 0. The zero-order valence-electron chi connectivity index (χ0n) is 10.5. The highest BCUT2D eigenvalue weighted by molar-refractivity contribution is 5.46. The number of benzene rings is 1. The predicted molar refractivity (Wildman–Crippen MR) is 72.3 cm³/mol. The van der Waals surface area contributed by atoms with Crippen LogP contribution in [0, 0.1) is 5.82 Å². The lowest BCUT2D eigenvalue weighted by atomic mass is 10.2. The van der Waals surface area contributed by atoms with Gasteiger partial charge >= 0.3 is 0 Å². The molecule has 0 aliphatic heterocycles. The van der Waals surface area contributed by atoms with Gasteiger partial charge in [-0.15, -0.1) is 0 Å². The molecule has 0 unspecified atom stereocenters. The number of aromatic nitrogens is 1. The van der Waals surface area contributed by atoms with Gasteiger partial charge < -0.3 is 10.2 Å².